The molecular weight excluding hydrogens is 499 g/mol. The number of carbonyl (C=O) groups excluding carboxylic acids is 1. The van der Waals surface area contributed by atoms with Crippen molar-refractivity contribution in [1.82, 2.24) is 25.6 Å². The van der Waals surface area contributed by atoms with Gasteiger partial charge in [0.2, 0.25) is 17.6 Å². The quantitative estimate of drug-likeness (QED) is 0.470. The van der Waals surface area contributed by atoms with Gasteiger partial charge in [-0.2, -0.15) is 13.2 Å². The van der Waals surface area contributed by atoms with E-state index < -0.39 is 30.1 Å². The minimum atomic E-state index is -4.69. The molecule has 0 saturated heterocycles. The Morgan fingerprint density at radius 3 is 2.61 bits per heavy atom. The van der Waals surface area contributed by atoms with Crippen LogP contribution in [0.3, 0.4) is 0 Å². The van der Waals surface area contributed by atoms with Gasteiger partial charge in [0.05, 0.1) is 12.1 Å². The van der Waals surface area contributed by atoms with Crippen LogP contribution in [0.25, 0.3) is 0 Å². The Balaban J connectivity index is 1.51. The van der Waals surface area contributed by atoms with Crippen LogP contribution in [0.15, 0.2) is 24.5 Å². The van der Waals surface area contributed by atoms with E-state index in [1.54, 1.807) is 0 Å². The number of nitrogens with one attached hydrogen (secondary N) is 2. The Morgan fingerprint density at radius 2 is 2.00 bits per heavy atom. The molecule has 1 spiro atoms. The lowest BCUT2D eigenvalue weighted by Gasteiger charge is -2.47. The van der Waals surface area contributed by atoms with E-state index in [4.69, 9.17) is 4.74 Å². The zero-order valence-corrected chi connectivity index (χ0v) is 22.2. The Bertz CT molecular complexity index is 1150. The Labute approximate surface area is 220 Å². The topological polar surface area (TPSA) is 109 Å². The number of rotatable bonds is 8. The molecule has 3 N–H and O–H groups in total. The summed E-state index contributed by atoms with van der Waals surface area (Å²) in [5.41, 5.74) is 1.90. The molecule has 38 heavy (non-hydrogen) atoms. The van der Waals surface area contributed by atoms with Gasteiger partial charge in [0.1, 0.15) is 5.60 Å². The minimum Gasteiger partial charge on any atom is -0.471 e. The van der Waals surface area contributed by atoms with Gasteiger partial charge in [-0.3, -0.25) is 4.79 Å². The molecule has 4 rings (SSSR count). The average Bonchev–Trinajstić information content (AvgIpc) is 2.79. The fourth-order valence-electron chi connectivity index (χ4n) is 5.17. The van der Waals surface area contributed by atoms with Gasteiger partial charge in [0.15, 0.2) is 0 Å². The second-order valence-electron chi connectivity index (χ2n) is 11.7. The highest BCUT2D eigenvalue weighted by Gasteiger charge is 2.46. The smallest absolute Gasteiger partial charge is 0.451 e. The molecule has 0 bridgehead atoms. The molecule has 11 heteroatoms. The van der Waals surface area contributed by atoms with Crippen molar-refractivity contribution >= 4 is 5.91 Å². The number of fused-ring (bicyclic) bond motifs is 1. The number of aromatic nitrogens is 3. The average molecular weight is 536 g/mol. The maximum atomic E-state index is 13.1. The number of halogens is 3. The number of hydrogen-bond donors (Lipinski definition) is 3. The first-order valence-corrected chi connectivity index (χ1v) is 13.0. The van der Waals surface area contributed by atoms with Crippen molar-refractivity contribution in [1.29, 1.82) is 0 Å². The molecule has 0 unspecified atom stereocenters. The zero-order chi connectivity index (χ0) is 27.7. The summed E-state index contributed by atoms with van der Waals surface area (Å²) < 4.78 is 45.5. The third kappa shape index (κ3) is 6.99. The summed E-state index contributed by atoms with van der Waals surface area (Å²) in [6, 6.07) is 2.48. The normalized spacial score (nSPS) is 20.2. The molecule has 208 valence electrons. The predicted molar refractivity (Wildman–Crippen MR) is 134 cm³/mol. The largest absolute Gasteiger partial charge is 0.471 e. The standard InChI is InChI=1S/C27H36F3N5O3/c1-16(36)34-20(11-18-6-9-31-24(35-18)27(28,29)30)22(37)15-32-21-13-26(7-5-8-26)38-23-19(21)10-17(14-33-23)12-25(2,3)4/h6,9-10,14,20-22,32,37H,5,7-8,11-13,15H2,1-4H3,(H,34,36)/t20-,21-,22-/m0/s1. The lowest BCUT2D eigenvalue weighted by atomic mass is 9.73. The van der Waals surface area contributed by atoms with Crippen LogP contribution in [0, 0.1) is 5.41 Å². The van der Waals surface area contributed by atoms with Gasteiger partial charge < -0.3 is 20.5 Å². The summed E-state index contributed by atoms with van der Waals surface area (Å²) >= 11 is 0. The van der Waals surface area contributed by atoms with Gasteiger partial charge in [-0.1, -0.05) is 20.8 Å². The molecule has 1 aliphatic heterocycles. The number of ether oxygens (including phenoxy) is 1. The molecule has 8 nitrogen and oxygen atoms in total. The van der Waals surface area contributed by atoms with Crippen LogP contribution in [0.2, 0.25) is 0 Å². The molecule has 1 amide bonds. The van der Waals surface area contributed by atoms with Gasteiger partial charge >= 0.3 is 6.18 Å². The van der Waals surface area contributed by atoms with Crippen molar-refractivity contribution < 1.29 is 27.8 Å². The van der Waals surface area contributed by atoms with Crippen LogP contribution < -0.4 is 15.4 Å². The van der Waals surface area contributed by atoms with E-state index in [1.165, 1.54) is 13.0 Å². The highest BCUT2D eigenvalue weighted by Crippen LogP contribution is 2.48. The number of hydrogen-bond acceptors (Lipinski definition) is 7. The lowest BCUT2D eigenvalue weighted by Crippen LogP contribution is -2.52. The third-order valence-corrected chi connectivity index (χ3v) is 7.02. The molecule has 1 saturated carbocycles. The van der Waals surface area contributed by atoms with E-state index in [2.05, 4.69) is 52.4 Å². The lowest BCUT2D eigenvalue weighted by molar-refractivity contribution is -0.145. The summed E-state index contributed by atoms with van der Waals surface area (Å²) in [5, 5.41) is 17.1. The second kappa shape index (κ2) is 10.8. The van der Waals surface area contributed by atoms with Gasteiger partial charge in [0.25, 0.3) is 0 Å². The summed E-state index contributed by atoms with van der Waals surface area (Å²) in [6.07, 6.45) is 1.54. The van der Waals surface area contributed by atoms with Crippen molar-refractivity contribution in [2.24, 2.45) is 5.41 Å². The van der Waals surface area contributed by atoms with Crippen LogP contribution in [0.1, 0.15) is 82.1 Å². The van der Waals surface area contributed by atoms with Crippen molar-refractivity contribution in [3.63, 3.8) is 0 Å². The zero-order valence-electron chi connectivity index (χ0n) is 22.2. The second-order valence-corrected chi connectivity index (χ2v) is 11.7. The van der Waals surface area contributed by atoms with Crippen molar-refractivity contribution in [2.45, 2.75) is 96.2 Å². The van der Waals surface area contributed by atoms with Crippen molar-refractivity contribution in [3.05, 3.63) is 47.2 Å². The maximum Gasteiger partial charge on any atom is 0.451 e. The number of aliphatic hydroxyl groups is 1. The van der Waals surface area contributed by atoms with Crippen LogP contribution in [0.4, 0.5) is 13.2 Å². The van der Waals surface area contributed by atoms with Gasteiger partial charge in [0, 0.05) is 56.0 Å². The van der Waals surface area contributed by atoms with E-state index in [0.717, 1.165) is 49.4 Å². The number of amides is 1. The third-order valence-electron chi connectivity index (χ3n) is 7.02. The Hall–Kier alpha value is -2.79. The SMILES string of the molecule is CC(=O)N[C@@H](Cc1ccnc(C(F)(F)F)n1)[C@@H](O)CN[C@H]1CC2(CCC2)Oc2ncc(CC(C)(C)C)cc21. The molecule has 1 fully saturated rings. The fraction of sp³-hybridized carbons (Fsp3) is 0.630. The van der Waals surface area contributed by atoms with E-state index in [0.29, 0.717) is 5.88 Å². The number of aliphatic hydroxyl groups excluding tert-OH is 1. The van der Waals surface area contributed by atoms with Crippen molar-refractivity contribution in [2.75, 3.05) is 6.54 Å². The molecule has 0 radical (unpaired) electrons. The first-order valence-electron chi connectivity index (χ1n) is 13.0. The number of alkyl halides is 3. The highest BCUT2D eigenvalue weighted by molar-refractivity contribution is 5.73. The molecule has 0 aromatic carbocycles. The first kappa shape index (κ1) is 28.2. The van der Waals surface area contributed by atoms with Gasteiger partial charge in [-0.05, 0) is 48.8 Å². The van der Waals surface area contributed by atoms with E-state index >= 15 is 0 Å². The molecule has 2 aromatic heterocycles. The number of carbonyl (C=O) groups is 1. The van der Waals surface area contributed by atoms with E-state index in [9.17, 15) is 23.1 Å². The van der Waals surface area contributed by atoms with Gasteiger partial charge in [-0.25, -0.2) is 15.0 Å². The van der Waals surface area contributed by atoms with Crippen LogP contribution >= 0.6 is 0 Å². The first-order chi connectivity index (χ1) is 17.7. The molecule has 3 heterocycles. The summed E-state index contributed by atoms with van der Waals surface area (Å²) in [5.74, 6) is -1.06. The van der Waals surface area contributed by atoms with Crippen LogP contribution in [-0.4, -0.2) is 50.3 Å². The van der Waals surface area contributed by atoms with E-state index in [1.807, 2.05) is 6.20 Å². The maximum absolute atomic E-state index is 13.1. The van der Waals surface area contributed by atoms with Gasteiger partial charge in [-0.15, -0.1) is 0 Å². The molecule has 2 aromatic rings. The summed E-state index contributed by atoms with van der Waals surface area (Å²) in [6.45, 7) is 7.89. The summed E-state index contributed by atoms with van der Waals surface area (Å²) in [4.78, 5) is 23.3. The predicted octanol–water partition coefficient (Wildman–Crippen LogP) is 3.92. The van der Waals surface area contributed by atoms with Crippen molar-refractivity contribution in [3.8, 4) is 5.88 Å². The molecule has 1 aliphatic carbocycles. The molecular formula is C27H36F3N5O3. The minimum absolute atomic E-state index is 0.0750. The Kier molecular flexibility index (Phi) is 7.99. The van der Waals surface area contributed by atoms with E-state index in [-0.39, 0.29) is 35.7 Å². The molecule has 2 aliphatic rings. The summed E-state index contributed by atoms with van der Waals surface area (Å²) in [7, 11) is 0. The monoisotopic (exact) mass is 535 g/mol. The van der Waals surface area contributed by atoms with Crippen LogP contribution in [-0.2, 0) is 23.8 Å². The molecule has 3 atom stereocenters. The highest BCUT2D eigenvalue weighted by atomic mass is 19.4. The Morgan fingerprint density at radius 1 is 1.26 bits per heavy atom. The van der Waals surface area contributed by atoms with Crippen LogP contribution in [0.5, 0.6) is 5.88 Å². The number of pyridine rings is 1. The number of nitrogens with zero attached hydrogens (tertiary/aromatic N) is 3. The fourth-order valence-corrected chi connectivity index (χ4v) is 5.17.